The molecule has 0 spiro atoms. The molecule has 0 heterocycles. The fraction of sp³-hybridized carbons (Fsp3) is 0.364. The fourth-order valence-corrected chi connectivity index (χ4v) is 1.28. The predicted molar refractivity (Wildman–Crippen MR) is 56.5 cm³/mol. The van der Waals surface area contributed by atoms with Crippen molar-refractivity contribution in [1.82, 2.24) is 5.32 Å². The van der Waals surface area contributed by atoms with E-state index in [0.717, 1.165) is 18.5 Å². The Morgan fingerprint density at radius 1 is 1.40 bits per heavy atom. The van der Waals surface area contributed by atoms with Gasteiger partial charge >= 0.3 is 0 Å². The summed E-state index contributed by atoms with van der Waals surface area (Å²) in [4.78, 5) is 0. The summed E-state index contributed by atoms with van der Waals surface area (Å²) in [5, 5.41) is 11.8. The summed E-state index contributed by atoms with van der Waals surface area (Å²) in [5.74, 6) is -0.371. The van der Waals surface area contributed by atoms with Crippen LogP contribution in [0.4, 0.5) is 4.39 Å². The van der Waals surface area contributed by atoms with Crippen molar-refractivity contribution in [3.8, 4) is 6.07 Å². The molecule has 0 aliphatic heterocycles. The van der Waals surface area contributed by atoms with E-state index in [4.69, 9.17) is 11.0 Å². The quantitative estimate of drug-likeness (QED) is 0.712. The molecule has 80 valence electrons. The first-order valence-corrected chi connectivity index (χ1v) is 4.86. The van der Waals surface area contributed by atoms with Gasteiger partial charge in [-0.15, -0.1) is 0 Å². The van der Waals surface area contributed by atoms with Crippen molar-refractivity contribution in [2.24, 2.45) is 5.73 Å². The number of nitrogens with two attached hydrogens (primary N) is 1. The van der Waals surface area contributed by atoms with E-state index in [1.54, 1.807) is 6.07 Å². The number of nitrogens with zero attached hydrogens (tertiary/aromatic N) is 1. The monoisotopic (exact) mass is 207 g/mol. The number of halogens is 1. The Labute approximate surface area is 88.7 Å². The van der Waals surface area contributed by atoms with Gasteiger partial charge in [0, 0.05) is 6.54 Å². The average molecular weight is 207 g/mol. The Balaban J connectivity index is 2.54. The molecule has 15 heavy (non-hydrogen) atoms. The van der Waals surface area contributed by atoms with Gasteiger partial charge in [0.2, 0.25) is 0 Å². The molecule has 0 radical (unpaired) electrons. The first kappa shape index (κ1) is 11.6. The van der Waals surface area contributed by atoms with Gasteiger partial charge in [-0.2, -0.15) is 5.26 Å². The van der Waals surface area contributed by atoms with Gasteiger partial charge in [-0.3, -0.25) is 0 Å². The Bertz CT molecular complexity index is 357. The van der Waals surface area contributed by atoms with Crippen LogP contribution in [0.5, 0.6) is 0 Å². The number of hydrogen-bond donors (Lipinski definition) is 2. The molecule has 1 aromatic carbocycles. The zero-order chi connectivity index (χ0) is 11.1. The van der Waals surface area contributed by atoms with Crippen molar-refractivity contribution in [3.05, 3.63) is 35.1 Å². The van der Waals surface area contributed by atoms with Crippen LogP contribution in [0, 0.1) is 17.1 Å². The van der Waals surface area contributed by atoms with Crippen molar-refractivity contribution in [2.75, 3.05) is 13.1 Å². The number of benzene rings is 1. The summed E-state index contributed by atoms with van der Waals surface area (Å²) in [6, 6.07) is 6.25. The molecular formula is C11H14FN3. The maximum atomic E-state index is 13.0. The van der Waals surface area contributed by atoms with Crippen molar-refractivity contribution >= 4 is 0 Å². The van der Waals surface area contributed by atoms with Crippen LogP contribution in [0.25, 0.3) is 0 Å². The van der Waals surface area contributed by atoms with E-state index in [2.05, 4.69) is 5.32 Å². The summed E-state index contributed by atoms with van der Waals surface area (Å²) in [6.07, 6.45) is 0.889. The Kier molecular flexibility index (Phi) is 4.75. The first-order valence-electron chi connectivity index (χ1n) is 4.86. The van der Waals surface area contributed by atoms with Gasteiger partial charge < -0.3 is 11.1 Å². The third kappa shape index (κ3) is 4.07. The molecule has 0 bridgehead atoms. The number of rotatable bonds is 5. The Morgan fingerprint density at radius 2 is 2.20 bits per heavy atom. The second-order valence-electron chi connectivity index (χ2n) is 3.28. The Morgan fingerprint density at radius 3 is 2.87 bits per heavy atom. The lowest BCUT2D eigenvalue weighted by Gasteiger charge is -2.04. The lowest BCUT2D eigenvalue weighted by atomic mass is 10.1. The standard InChI is InChI=1S/C11H14FN3/c12-11-5-9(7-14)4-10(6-11)8-15-3-1-2-13/h4-6,15H,1-3,8,13H2. The van der Waals surface area contributed by atoms with Crippen molar-refractivity contribution in [1.29, 1.82) is 5.26 Å². The van der Waals surface area contributed by atoms with Gasteiger partial charge in [0.05, 0.1) is 11.6 Å². The molecule has 0 atom stereocenters. The second-order valence-corrected chi connectivity index (χ2v) is 3.28. The molecular weight excluding hydrogens is 193 g/mol. The minimum absolute atomic E-state index is 0.352. The van der Waals surface area contributed by atoms with Gasteiger partial charge in [0.15, 0.2) is 0 Å². The lowest BCUT2D eigenvalue weighted by molar-refractivity contribution is 0.616. The normalized spacial score (nSPS) is 9.93. The van der Waals surface area contributed by atoms with Crippen molar-refractivity contribution in [2.45, 2.75) is 13.0 Å². The molecule has 3 N–H and O–H groups in total. The first-order chi connectivity index (χ1) is 7.26. The summed E-state index contributed by atoms with van der Waals surface area (Å²) in [5.41, 5.74) is 6.47. The maximum Gasteiger partial charge on any atom is 0.124 e. The van der Waals surface area contributed by atoms with E-state index < -0.39 is 0 Å². The minimum Gasteiger partial charge on any atom is -0.330 e. The molecule has 4 heteroatoms. The third-order valence-electron chi connectivity index (χ3n) is 1.97. The molecule has 3 nitrogen and oxygen atoms in total. The van der Waals surface area contributed by atoms with Crippen LogP contribution in [-0.4, -0.2) is 13.1 Å². The van der Waals surface area contributed by atoms with Crippen LogP contribution in [0.2, 0.25) is 0 Å². The highest BCUT2D eigenvalue weighted by molar-refractivity contribution is 5.33. The van der Waals surface area contributed by atoms with E-state index in [-0.39, 0.29) is 5.82 Å². The highest BCUT2D eigenvalue weighted by Crippen LogP contribution is 2.08. The minimum atomic E-state index is -0.371. The summed E-state index contributed by atoms with van der Waals surface area (Å²) in [7, 11) is 0. The second kappa shape index (κ2) is 6.12. The predicted octanol–water partition coefficient (Wildman–Crippen LogP) is 1.14. The molecule has 1 aromatic rings. The van der Waals surface area contributed by atoms with Crippen LogP contribution >= 0.6 is 0 Å². The van der Waals surface area contributed by atoms with Crippen molar-refractivity contribution < 1.29 is 4.39 Å². The van der Waals surface area contributed by atoms with E-state index in [9.17, 15) is 4.39 Å². The number of hydrogen-bond acceptors (Lipinski definition) is 3. The van der Waals surface area contributed by atoms with Gasteiger partial charge in [0.1, 0.15) is 5.82 Å². The molecule has 0 aliphatic carbocycles. The number of nitrogens with one attached hydrogen (secondary N) is 1. The van der Waals surface area contributed by atoms with E-state index >= 15 is 0 Å². The molecule has 0 fully saturated rings. The molecule has 0 aliphatic rings. The van der Waals surface area contributed by atoms with Gasteiger partial charge in [0.25, 0.3) is 0 Å². The zero-order valence-corrected chi connectivity index (χ0v) is 8.46. The van der Waals surface area contributed by atoms with Crippen LogP contribution < -0.4 is 11.1 Å². The van der Waals surface area contributed by atoms with E-state index in [1.807, 2.05) is 6.07 Å². The van der Waals surface area contributed by atoms with Crippen molar-refractivity contribution in [3.63, 3.8) is 0 Å². The van der Waals surface area contributed by atoms with Crippen LogP contribution in [-0.2, 0) is 6.54 Å². The molecule has 0 saturated carbocycles. The van der Waals surface area contributed by atoms with Gasteiger partial charge in [-0.1, -0.05) is 0 Å². The van der Waals surface area contributed by atoms with Crippen LogP contribution in [0.3, 0.4) is 0 Å². The largest absolute Gasteiger partial charge is 0.330 e. The van der Waals surface area contributed by atoms with Gasteiger partial charge in [-0.05, 0) is 43.3 Å². The van der Waals surface area contributed by atoms with E-state index in [0.29, 0.717) is 18.7 Å². The summed E-state index contributed by atoms with van der Waals surface area (Å²) >= 11 is 0. The third-order valence-corrected chi connectivity index (χ3v) is 1.97. The molecule has 0 aromatic heterocycles. The summed E-state index contributed by atoms with van der Waals surface area (Å²) in [6.45, 7) is 2.00. The SMILES string of the molecule is N#Cc1cc(F)cc(CNCCCN)c1. The lowest BCUT2D eigenvalue weighted by Crippen LogP contribution is -2.17. The molecule has 1 rings (SSSR count). The topological polar surface area (TPSA) is 61.8 Å². The number of nitriles is 1. The van der Waals surface area contributed by atoms with Crippen LogP contribution in [0.1, 0.15) is 17.5 Å². The molecule has 0 unspecified atom stereocenters. The average Bonchev–Trinajstić information content (AvgIpc) is 2.23. The molecule has 0 amide bonds. The molecule has 0 saturated heterocycles. The van der Waals surface area contributed by atoms with Crippen LogP contribution in [0.15, 0.2) is 18.2 Å². The van der Waals surface area contributed by atoms with Gasteiger partial charge in [-0.25, -0.2) is 4.39 Å². The Hall–Kier alpha value is -1.44. The highest BCUT2D eigenvalue weighted by atomic mass is 19.1. The maximum absolute atomic E-state index is 13.0. The smallest absolute Gasteiger partial charge is 0.124 e. The van der Waals surface area contributed by atoms with E-state index in [1.165, 1.54) is 12.1 Å². The zero-order valence-electron chi connectivity index (χ0n) is 8.46. The fourth-order valence-electron chi connectivity index (χ4n) is 1.28. The summed E-state index contributed by atoms with van der Waals surface area (Å²) < 4.78 is 13.0. The highest BCUT2D eigenvalue weighted by Gasteiger charge is 1.99.